The van der Waals surface area contributed by atoms with Gasteiger partial charge in [-0.25, -0.2) is 0 Å². The molecule has 28 heavy (non-hydrogen) atoms. The van der Waals surface area contributed by atoms with Crippen molar-refractivity contribution in [3.63, 3.8) is 0 Å². The lowest BCUT2D eigenvalue weighted by Gasteiger charge is -2.19. The highest BCUT2D eigenvalue weighted by atomic mass is 16.2. The van der Waals surface area contributed by atoms with E-state index in [1.54, 1.807) is 6.20 Å². The molecule has 2 atom stereocenters. The molecule has 0 unspecified atom stereocenters. The summed E-state index contributed by atoms with van der Waals surface area (Å²) in [6.45, 7) is 0.775. The Bertz CT molecular complexity index is 854. The lowest BCUT2D eigenvalue weighted by atomic mass is 9.81. The fourth-order valence-corrected chi connectivity index (χ4v) is 4.23. The van der Waals surface area contributed by atoms with Crippen molar-refractivity contribution in [1.82, 2.24) is 20.0 Å². The van der Waals surface area contributed by atoms with Crippen molar-refractivity contribution in [2.75, 3.05) is 6.54 Å². The molecule has 0 spiro atoms. The van der Waals surface area contributed by atoms with Gasteiger partial charge in [-0.3, -0.25) is 24.0 Å². The Labute approximate surface area is 163 Å². The van der Waals surface area contributed by atoms with Gasteiger partial charge in [-0.1, -0.05) is 37.1 Å². The first-order valence-electron chi connectivity index (χ1n) is 9.79. The molecule has 2 aromatic rings. The number of carbonyl (C=O) groups excluding carboxylic acids is 3. The first kappa shape index (κ1) is 18.4. The zero-order valence-electron chi connectivity index (χ0n) is 15.7. The molecule has 2 fully saturated rings. The van der Waals surface area contributed by atoms with Crippen LogP contribution in [0.4, 0.5) is 0 Å². The van der Waals surface area contributed by atoms with E-state index in [1.165, 1.54) is 0 Å². The third-order valence-corrected chi connectivity index (χ3v) is 5.72. The van der Waals surface area contributed by atoms with Gasteiger partial charge in [0.2, 0.25) is 17.7 Å². The van der Waals surface area contributed by atoms with Crippen LogP contribution < -0.4 is 5.32 Å². The third kappa shape index (κ3) is 3.69. The Balaban J connectivity index is 1.36. The van der Waals surface area contributed by atoms with Gasteiger partial charge in [0.1, 0.15) is 6.54 Å². The highest BCUT2D eigenvalue weighted by Crippen LogP contribution is 2.37. The third-order valence-electron chi connectivity index (χ3n) is 5.72. The number of hydrogen-bond donors (Lipinski definition) is 1. The number of benzene rings is 1. The number of aromatic nitrogens is 2. The standard InChI is InChI=1S/C21H24N4O3/c26-19(14-25-20(27)17-8-3-4-9-18(17)21(25)28)22-12-15-6-1-2-7-16(15)13-24-11-5-10-23-24/h1-2,5-7,10-11,17-18H,3-4,8-9,12-14H2,(H,22,26)/t17-,18+. The second-order valence-corrected chi connectivity index (χ2v) is 7.51. The summed E-state index contributed by atoms with van der Waals surface area (Å²) in [5.41, 5.74) is 2.05. The van der Waals surface area contributed by atoms with Crippen molar-refractivity contribution in [3.05, 3.63) is 53.9 Å². The Morgan fingerprint density at radius 3 is 2.36 bits per heavy atom. The van der Waals surface area contributed by atoms with Crippen LogP contribution in [-0.2, 0) is 27.5 Å². The van der Waals surface area contributed by atoms with Gasteiger partial charge in [0.15, 0.2) is 0 Å². The Morgan fingerprint density at radius 2 is 1.71 bits per heavy atom. The van der Waals surface area contributed by atoms with Crippen LogP contribution in [0.25, 0.3) is 0 Å². The molecule has 1 aromatic heterocycles. The normalized spacial score (nSPS) is 21.6. The first-order valence-corrected chi connectivity index (χ1v) is 9.79. The van der Waals surface area contributed by atoms with Gasteiger partial charge in [0.05, 0.1) is 18.4 Å². The number of likely N-dealkylation sites (tertiary alicyclic amines) is 1. The van der Waals surface area contributed by atoms with Crippen molar-refractivity contribution < 1.29 is 14.4 Å². The molecule has 1 N–H and O–H groups in total. The zero-order chi connectivity index (χ0) is 19.5. The summed E-state index contributed by atoms with van der Waals surface area (Å²) in [4.78, 5) is 38.6. The van der Waals surface area contributed by atoms with Gasteiger partial charge >= 0.3 is 0 Å². The predicted molar refractivity (Wildman–Crippen MR) is 102 cm³/mol. The summed E-state index contributed by atoms with van der Waals surface area (Å²) in [7, 11) is 0. The summed E-state index contributed by atoms with van der Waals surface area (Å²) >= 11 is 0. The van der Waals surface area contributed by atoms with E-state index in [4.69, 9.17) is 0 Å². The maximum absolute atomic E-state index is 12.5. The molecule has 1 aromatic carbocycles. The lowest BCUT2D eigenvalue weighted by molar-refractivity contribution is -0.143. The quantitative estimate of drug-likeness (QED) is 0.774. The molecule has 1 aliphatic heterocycles. The van der Waals surface area contributed by atoms with Crippen molar-refractivity contribution >= 4 is 17.7 Å². The molecule has 4 rings (SSSR count). The number of nitrogens with one attached hydrogen (secondary N) is 1. The number of rotatable bonds is 6. The molecule has 146 valence electrons. The number of amides is 3. The van der Waals surface area contributed by atoms with Crippen LogP contribution in [0.3, 0.4) is 0 Å². The molecule has 7 heteroatoms. The van der Waals surface area contributed by atoms with Gasteiger partial charge in [0.25, 0.3) is 0 Å². The zero-order valence-corrected chi connectivity index (χ0v) is 15.7. The molecule has 1 saturated heterocycles. The number of nitrogens with zero attached hydrogens (tertiary/aromatic N) is 3. The van der Waals surface area contributed by atoms with E-state index in [2.05, 4.69) is 10.4 Å². The number of imide groups is 1. The van der Waals surface area contributed by atoms with Crippen LogP contribution in [0.5, 0.6) is 0 Å². The van der Waals surface area contributed by atoms with Crippen molar-refractivity contribution in [1.29, 1.82) is 0 Å². The number of carbonyl (C=O) groups is 3. The molecule has 7 nitrogen and oxygen atoms in total. The van der Waals surface area contributed by atoms with Crippen molar-refractivity contribution in [3.8, 4) is 0 Å². The van der Waals surface area contributed by atoms with Crippen LogP contribution >= 0.6 is 0 Å². The minimum Gasteiger partial charge on any atom is -0.350 e. The van der Waals surface area contributed by atoms with E-state index in [0.29, 0.717) is 13.1 Å². The maximum atomic E-state index is 12.5. The lowest BCUT2D eigenvalue weighted by Crippen LogP contribution is -2.40. The second kappa shape index (κ2) is 7.96. The highest BCUT2D eigenvalue weighted by Gasteiger charge is 2.48. The van der Waals surface area contributed by atoms with E-state index < -0.39 is 0 Å². The Hall–Kier alpha value is -2.96. The SMILES string of the molecule is O=C(CN1C(=O)[C@H]2CCCC[C@H]2C1=O)NCc1ccccc1Cn1cccn1. The van der Waals surface area contributed by atoms with Crippen LogP contribution in [0.1, 0.15) is 36.8 Å². The van der Waals surface area contributed by atoms with E-state index in [0.717, 1.165) is 41.7 Å². The summed E-state index contributed by atoms with van der Waals surface area (Å²) in [5.74, 6) is -1.10. The fraction of sp³-hybridized carbons (Fsp3) is 0.429. The van der Waals surface area contributed by atoms with Crippen LogP contribution in [0.15, 0.2) is 42.7 Å². The van der Waals surface area contributed by atoms with Crippen LogP contribution in [0.2, 0.25) is 0 Å². The molecule has 0 bridgehead atoms. The average Bonchev–Trinajstić information content (AvgIpc) is 3.30. The molecular formula is C21H24N4O3. The van der Waals surface area contributed by atoms with Gasteiger partial charge in [-0.05, 0) is 30.0 Å². The number of hydrogen-bond acceptors (Lipinski definition) is 4. The summed E-state index contributed by atoms with van der Waals surface area (Å²) in [6.07, 6.45) is 7.09. The molecule has 0 radical (unpaired) electrons. The molecular weight excluding hydrogens is 356 g/mol. The predicted octanol–water partition coefficient (Wildman–Crippen LogP) is 1.72. The minimum absolute atomic E-state index is 0.177. The van der Waals surface area contributed by atoms with Gasteiger partial charge in [-0.15, -0.1) is 0 Å². The molecule has 3 amide bonds. The average molecular weight is 380 g/mol. The largest absolute Gasteiger partial charge is 0.350 e. The van der Waals surface area contributed by atoms with E-state index in [1.807, 2.05) is 41.2 Å². The van der Waals surface area contributed by atoms with Gasteiger partial charge in [0, 0.05) is 18.9 Å². The molecule has 1 aliphatic carbocycles. The minimum atomic E-state index is -0.311. The molecule has 2 aliphatic rings. The van der Waals surface area contributed by atoms with Crippen LogP contribution in [0, 0.1) is 11.8 Å². The van der Waals surface area contributed by atoms with E-state index in [9.17, 15) is 14.4 Å². The van der Waals surface area contributed by atoms with Gasteiger partial charge in [-0.2, -0.15) is 5.10 Å². The summed E-state index contributed by atoms with van der Waals surface area (Å²) < 4.78 is 1.82. The molecule has 2 heterocycles. The summed E-state index contributed by atoms with van der Waals surface area (Å²) in [5, 5.41) is 7.07. The number of fused-ring (bicyclic) bond motifs is 1. The summed E-state index contributed by atoms with van der Waals surface area (Å²) in [6, 6.07) is 9.70. The molecule has 1 saturated carbocycles. The Kier molecular flexibility index (Phi) is 5.23. The second-order valence-electron chi connectivity index (χ2n) is 7.51. The first-order chi connectivity index (χ1) is 13.6. The maximum Gasteiger partial charge on any atom is 0.240 e. The van der Waals surface area contributed by atoms with Crippen LogP contribution in [-0.4, -0.2) is 38.9 Å². The van der Waals surface area contributed by atoms with E-state index >= 15 is 0 Å². The highest BCUT2D eigenvalue weighted by molar-refractivity contribution is 6.07. The smallest absolute Gasteiger partial charge is 0.240 e. The van der Waals surface area contributed by atoms with E-state index in [-0.39, 0.29) is 36.1 Å². The van der Waals surface area contributed by atoms with Crippen molar-refractivity contribution in [2.24, 2.45) is 11.8 Å². The van der Waals surface area contributed by atoms with Crippen molar-refractivity contribution in [2.45, 2.75) is 38.8 Å². The monoisotopic (exact) mass is 380 g/mol. The Morgan fingerprint density at radius 1 is 1.04 bits per heavy atom. The fourth-order valence-electron chi connectivity index (χ4n) is 4.23. The topological polar surface area (TPSA) is 84.3 Å². The van der Waals surface area contributed by atoms with Gasteiger partial charge < -0.3 is 5.32 Å².